The smallest absolute Gasteiger partial charge is 0.227 e. The second-order valence-electron chi connectivity index (χ2n) is 6.52. The van der Waals surface area contributed by atoms with E-state index in [1.165, 1.54) is 0 Å². The third-order valence-electron chi connectivity index (χ3n) is 4.75. The first-order chi connectivity index (χ1) is 13.3. The molecule has 1 atom stereocenters. The normalized spacial score (nSPS) is 16.8. The maximum absolute atomic E-state index is 10.9. The maximum atomic E-state index is 10.9. The van der Waals surface area contributed by atoms with Crippen LogP contribution in [0.25, 0.3) is 33.7 Å². The molecule has 0 bridgehead atoms. The minimum absolute atomic E-state index is 0.305. The zero-order valence-corrected chi connectivity index (χ0v) is 14.4. The molecule has 1 fully saturated rings. The molecule has 1 aliphatic heterocycles. The van der Waals surface area contributed by atoms with Crippen LogP contribution in [-0.4, -0.2) is 39.2 Å². The van der Waals surface area contributed by atoms with E-state index in [1.807, 2.05) is 35.3 Å². The highest BCUT2D eigenvalue weighted by Gasteiger charge is 2.19. The van der Waals surface area contributed by atoms with Crippen LogP contribution in [0, 0.1) is 0 Å². The molecule has 3 aromatic heterocycles. The van der Waals surface area contributed by atoms with Gasteiger partial charge in [0.2, 0.25) is 5.89 Å². The Morgan fingerprint density at radius 2 is 2.11 bits per heavy atom. The number of hydrogen-bond acceptors (Lipinski definition) is 6. The molecule has 1 saturated heterocycles. The monoisotopic (exact) mass is 360 g/mol. The van der Waals surface area contributed by atoms with E-state index in [1.54, 1.807) is 18.3 Å². The Morgan fingerprint density at radius 1 is 1.15 bits per heavy atom. The van der Waals surface area contributed by atoms with E-state index in [0.717, 1.165) is 35.2 Å². The molecular formula is C20H16N4O3. The molecule has 7 heteroatoms. The number of benzene rings is 1. The Kier molecular flexibility index (Phi) is 3.79. The molecule has 134 valence electrons. The van der Waals surface area contributed by atoms with Crippen molar-refractivity contribution >= 4 is 17.4 Å². The predicted octanol–water partition coefficient (Wildman–Crippen LogP) is 3.53. The lowest BCUT2D eigenvalue weighted by molar-refractivity contribution is 0.111. The van der Waals surface area contributed by atoms with Gasteiger partial charge in [-0.1, -0.05) is 6.07 Å². The highest BCUT2D eigenvalue weighted by Crippen LogP contribution is 2.29. The van der Waals surface area contributed by atoms with Gasteiger partial charge in [-0.15, -0.1) is 0 Å². The summed E-state index contributed by atoms with van der Waals surface area (Å²) < 4.78 is 13.2. The molecular weight excluding hydrogens is 344 g/mol. The van der Waals surface area contributed by atoms with Crippen molar-refractivity contribution in [1.82, 2.24) is 19.7 Å². The molecule has 1 aliphatic rings. The Bertz CT molecular complexity index is 1130. The van der Waals surface area contributed by atoms with Gasteiger partial charge in [-0.2, -0.15) is 5.10 Å². The minimum Gasteiger partial charge on any atom is -0.436 e. The van der Waals surface area contributed by atoms with Crippen molar-refractivity contribution in [3.63, 3.8) is 0 Å². The first kappa shape index (κ1) is 15.9. The molecule has 4 aromatic rings. The van der Waals surface area contributed by atoms with Crippen molar-refractivity contribution in [2.45, 2.75) is 12.5 Å². The van der Waals surface area contributed by atoms with Crippen molar-refractivity contribution in [1.29, 1.82) is 0 Å². The molecule has 4 heterocycles. The third-order valence-corrected chi connectivity index (χ3v) is 4.75. The highest BCUT2D eigenvalue weighted by molar-refractivity contribution is 5.82. The van der Waals surface area contributed by atoms with Crippen molar-refractivity contribution in [3.05, 3.63) is 54.6 Å². The summed E-state index contributed by atoms with van der Waals surface area (Å²) in [5, 5.41) is 4.48. The fourth-order valence-electron chi connectivity index (χ4n) is 3.29. The van der Waals surface area contributed by atoms with Gasteiger partial charge in [-0.25, -0.2) is 4.98 Å². The minimum atomic E-state index is 0.305. The van der Waals surface area contributed by atoms with Crippen LogP contribution in [0.15, 0.2) is 53.3 Å². The lowest BCUT2D eigenvalue weighted by Gasteiger charge is -2.06. The zero-order chi connectivity index (χ0) is 18.2. The Labute approximate surface area is 154 Å². The number of carbonyl (C=O) groups excluding carboxylic acids is 1. The van der Waals surface area contributed by atoms with Gasteiger partial charge in [0.1, 0.15) is 11.2 Å². The van der Waals surface area contributed by atoms with Crippen molar-refractivity contribution in [3.8, 4) is 22.6 Å². The Balaban J connectivity index is 1.49. The number of aldehydes is 1. The molecule has 27 heavy (non-hydrogen) atoms. The summed E-state index contributed by atoms with van der Waals surface area (Å²) in [6, 6.07) is 9.61. The van der Waals surface area contributed by atoms with Gasteiger partial charge in [0, 0.05) is 30.1 Å². The van der Waals surface area contributed by atoms with Crippen LogP contribution in [-0.2, 0) is 4.74 Å². The molecule has 5 rings (SSSR count). The molecule has 0 amide bonds. The van der Waals surface area contributed by atoms with Crippen LogP contribution >= 0.6 is 0 Å². The van der Waals surface area contributed by atoms with Crippen molar-refractivity contribution < 1.29 is 13.9 Å². The second kappa shape index (κ2) is 6.44. The summed E-state index contributed by atoms with van der Waals surface area (Å²) in [5.41, 5.74) is 4.56. The number of carbonyl (C=O) groups is 1. The number of hydrogen-bond donors (Lipinski definition) is 0. The zero-order valence-electron chi connectivity index (χ0n) is 14.4. The van der Waals surface area contributed by atoms with Gasteiger partial charge < -0.3 is 9.15 Å². The standard InChI is InChI=1S/C20H16N4O3/c25-11-16-7-14(3-5-21-16)20-23-18-8-13(1-2-19(18)27-20)15-9-22-24(10-15)17-4-6-26-12-17/h1-3,5,7-11,17H,4,6,12H2. The van der Waals surface area contributed by atoms with Gasteiger partial charge in [-0.3, -0.25) is 14.5 Å². The van der Waals surface area contributed by atoms with Gasteiger partial charge in [0.15, 0.2) is 11.9 Å². The van der Waals surface area contributed by atoms with Crippen LogP contribution in [0.3, 0.4) is 0 Å². The average molecular weight is 360 g/mol. The Hall–Kier alpha value is -3.32. The fraction of sp³-hybridized carbons (Fsp3) is 0.200. The summed E-state index contributed by atoms with van der Waals surface area (Å²) in [6.45, 7) is 1.50. The second-order valence-corrected chi connectivity index (χ2v) is 6.52. The van der Waals surface area contributed by atoms with E-state index in [0.29, 0.717) is 36.1 Å². The van der Waals surface area contributed by atoms with E-state index >= 15 is 0 Å². The van der Waals surface area contributed by atoms with E-state index in [2.05, 4.69) is 15.1 Å². The summed E-state index contributed by atoms with van der Waals surface area (Å²) in [6.07, 6.45) is 7.17. The first-order valence-corrected chi connectivity index (χ1v) is 8.74. The molecule has 0 radical (unpaired) electrons. The van der Waals surface area contributed by atoms with Gasteiger partial charge in [0.05, 0.1) is 18.8 Å². The molecule has 0 saturated carbocycles. The molecule has 0 aliphatic carbocycles. The number of pyridine rings is 1. The number of aromatic nitrogens is 4. The van der Waals surface area contributed by atoms with Crippen LogP contribution in [0.1, 0.15) is 23.0 Å². The number of nitrogens with zero attached hydrogens (tertiary/aromatic N) is 4. The largest absolute Gasteiger partial charge is 0.436 e. The van der Waals surface area contributed by atoms with Crippen molar-refractivity contribution in [2.75, 3.05) is 13.2 Å². The Morgan fingerprint density at radius 3 is 2.96 bits per heavy atom. The summed E-state index contributed by atoms with van der Waals surface area (Å²) in [4.78, 5) is 19.5. The van der Waals surface area contributed by atoms with E-state index in [9.17, 15) is 4.79 Å². The van der Waals surface area contributed by atoms with E-state index in [4.69, 9.17) is 9.15 Å². The quantitative estimate of drug-likeness (QED) is 0.518. The summed E-state index contributed by atoms with van der Waals surface area (Å²) in [7, 11) is 0. The molecule has 0 spiro atoms. The van der Waals surface area contributed by atoms with Crippen molar-refractivity contribution in [2.24, 2.45) is 0 Å². The lowest BCUT2D eigenvalue weighted by atomic mass is 10.1. The van der Waals surface area contributed by atoms with Crippen LogP contribution in [0.2, 0.25) is 0 Å². The topological polar surface area (TPSA) is 83.0 Å². The third kappa shape index (κ3) is 2.92. The maximum Gasteiger partial charge on any atom is 0.227 e. The van der Waals surface area contributed by atoms with Crippen LogP contribution in [0.5, 0.6) is 0 Å². The predicted molar refractivity (Wildman–Crippen MR) is 98.3 cm³/mol. The molecule has 1 unspecified atom stereocenters. The van der Waals surface area contributed by atoms with Crippen LogP contribution < -0.4 is 0 Å². The SMILES string of the molecule is O=Cc1cc(-c2nc3cc(-c4cnn(C5CCOC5)c4)ccc3o2)ccn1. The average Bonchev–Trinajstić information content (AvgIpc) is 3.47. The van der Waals surface area contributed by atoms with Gasteiger partial charge >= 0.3 is 0 Å². The number of oxazole rings is 1. The number of fused-ring (bicyclic) bond motifs is 1. The highest BCUT2D eigenvalue weighted by atomic mass is 16.5. The molecule has 0 N–H and O–H groups in total. The molecule has 7 nitrogen and oxygen atoms in total. The lowest BCUT2D eigenvalue weighted by Crippen LogP contribution is -2.08. The summed E-state index contributed by atoms with van der Waals surface area (Å²) >= 11 is 0. The first-order valence-electron chi connectivity index (χ1n) is 8.74. The molecule has 1 aromatic carbocycles. The summed E-state index contributed by atoms with van der Waals surface area (Å²) in [5.74, 6) is 0.464. The van der Waals surface area contributed by atoms with E-state index < -0.39 is 0 Å². The number of ether oxygens (including phenoxy) is 1. The van der Waals surface area contributed by atoms with Gasteiger partial charge in [0.25, 0.3) is 0 Å². The van der Waals surface area contributed by atoms with Crippen LogP contribution in [0.4, 0.5) is 0 Å². The van der Waals surface area contributed by atoms with Gasteiger partial charge in [-0.05, 0) is 36.2 Å². The number of rotatable bonds is 4. The fourth-order valence-corrected chi connectivity index (χ4v) is 3.29. The van der Waals surface area contributed by atoms with E-state index in [-0.39, 0.29) is 0 Å².